The smallest absolute Gasteiger partial charge is 0.410 e. The van der Waals surface area contributed by atoms with Crippen molar-refractivity contribution in [2.45, 2.75) is 39.2 Å². The molecule has 0 radical (unpaired) electrons. The molecule has 0 saturated heterocycles. The second-order valence-electron chi connectivity index (χ2n) is 6.32. The van der Waals surface area contributed by atoms with Gasteiger partial charge in [-0.25, -0.2) is 9.59 Å². The van der Waals surface area contributed by atoms with E-state index in [0.717, 1.165) is 17.5 Å². The molecule has 6 heteroatoms. The molecule has 1 aliphatic rings. The number of nitrogens with two attached hydrogens (primary N) is 1. The summed E-state index contributed by atoms with van der Waals surface area (Å²) >= 11 is 0. The number of fused-ring (bicyclic) bond motifs is 1. The minimum Gasteiger partial charge on any atom is -0.444 e. The van der Waals surface area contributed by atoms with Crippen molar-refractivity contribution in [2.24, 2.45) is 5.73 Å². The third-order valence-corrected chi connectivity index (χ3v) is 3.35. The number of carbonyl (C=O) groups is 2. The van der Waals surface area contributed by atoms with Crippen LogP contribution in [0.15, 0.2) is 18.2 Å². The molecule has 1 aliphatic heterocycles. The monoisotopic (exact) mass is 306 g/mol. The van der Waals surface area contributed by atoms with Crippen LogP contribution in [0.5, 0.6) is 5.75 Å². The van der Waals surface area contributed by atoms with Crippen LogP contribution in [0.1, 0.15) is 31.9 Å². The zero-order valence-corrected chi connectivity index (χ0v) is 13.2. The second-order valence-corrected chi connectivity index (χ2v) is 6.32. The Labute approximate surface area is 130 Å². The predicted octanol–water partition coefficient (Wildman–Crippen LogP) is 2.48. The Kier molecular flexibility index (Phi) is 4.59. The summed E-state index contributed by atoms with van der Waals surface area (Å²) in [4.78, 5) is 24.7. The number of benzene rings is 1. The van der Waals surface area contributed by atoms with Crippen molar-refractivity contribution in [1.29, 1.82) is 0 Å². The molecule has 120 valence electrons. The summed E-state index contributed by atoms with van der Waals surface area (Å²) < 4.78 is 10.3. The topological polar surface area (TPSA) is 81.9 Å². The third-order valence-electron chi connectivity index (χ3n) is 3.35. The van der Waals surface area contributed by atoms with Gasteiger partial charge in [0.05, 0.1) is 0 Å². The zero-order chi connectivity index (χ0) is 16.3. The molecule has 0 atom stereocenters. The lowest BCUT2D eigenvalue weighted by Crippen LogP contribution is -2.38. The summed E-state index contributed by atoms with van der Waals surface area (Å²) in [7, 11) is 0. The lowest BCUT2D eigenvalue weighted by atomic mass is 10.0. The van der Waals surface area contributed by atoms with E-state index in [9.17, 15) is 9.59 Å². The molecule has 1 heterocycles. The second kappa shape index (κ2) is 6.25. The zero-order valence-electron chi connectivity index (χ0n) is 13.2. The van der Waals surface area contributed by atoms with Crippen molar-refractivity contribution >= 4 is 12.2 Å². The fourth-order valence-corrected chi connectivity index (χ4v) is 2.39. The van der Waals surface area contributed by atoms with Gasteiger partial charge in [-0.3, -0.25) is 0 Å². The van der Waals surface area contributed by atoms with Gasteiger partial charge in [0.2, 0.25) is 0 Å². The first kappa shape index (κ1) is 16.1. The van der Waals surface area contributed by atoms with E-state index in [-0.39, 0.29) is 6.09 Å². The number of hydrogen-bond acceptors (Lipinski definition) is 4. The van der Waals surface area contributed by atoms with Crippen LogP contribution in [0.3, 0.4) is 0 Å². The highest BCUT2D eigenvalue weighted by molar-refractivity contribution is 5.69. The number of carbonyl (C=O) groups excluding carboxylic acids is 2. The molecule has 0 aromatic heterocycles. The Hall–Kier alpha value is -2.24. The highest BCUT2D eigenvalue weighted by atomic mass is 16.6. The maximum atomic E-state index is 12.1. The third kappa shape index (κ3) is 4.38. The lowest BCUT2D eigenvalue weighted by Gasteiger charge is -2.26. The van der Waals surface area contributed by atoms with Crippen LogP contribution in [0, 0.1) is 0 Å². The van der Waals surface area contributed by atoms with Gasteiger partial charge in [0, 0.05) is 13.1 Å². The molecule has 2 N–H and O–H groups in total. The highest BCUT2D eigenvalue weighted by Gasteiger charge is 2.24. The number of nitrogens with zero attached hydrogens (tertiary/aromatic N) is 1. The van der Waals surface area contributed by atoms with Crippen LogP contribution in [0.2, 0.25) is 0 Å². The minimum atomic E-state index is -0.830. The van der Waals surface area contributed by atoms with Crippen LogP contribution in [0.4, 0.5) is 9.59 Å². The summed E-state index contributed by atoms with van der Waals surface area (Å²) in [6.45, 7) is 6.74. The molecule has 0 aliphatic carbocycles. The van der Waals surface area contributed by atoms with E-state index in [1.807, 2.05) is 26.8 Å². The summed E-state index contributed by atoms with van der Waals surface area (Å²) in [5.41, 5.74) is 6.72. The van der Waals surface area contributed by atoms with Crippen molar-refractivity contribution in [1.82, 2.24) is 4.90 Å². The van der Waals surface area contributed by atoms with E-state index in [4.69, 9.17) is 15.2 Å². The molecule has 1 aromatic carbocycles. The summed E-state index contributed by atoms with van der Waals surface area (Å²) in [6.07, 6.45) is 0.300. The Morgan fingerprint density at radius 3 is 2.36 bits per heavy atom. The molecule has 0 bridgehead atoms. The minimum absolute atomic E-state index is 0.297. The molecule has 0 unspecified atom stereocenters. The summed E-state index contributed by atoms with van der Waals surface area (Å²) in [5, 5.41) is 0. The van der Waals surface area contributed by atoms with Gasteiger partial charge in [-0.15, -0.1) is 0 Å². The summed E-state index contributed by atoms with van der Waals surface area (Å²) in [5.74, 6) is 0.428. The van der Waals surface area contributed by atoms with Gasteiger partial charge in [-0.1, -0.05) is 6.07 Å². The molecule has 1 aromatic rings. The van der Waals surface area contributed by atoms with E-state index in [0.29, 0.717) is 25.3 Å². The van der Waals surface area contributed by atoms with Gasteiger partial charge in [-0.05, 0) is 56.9 Å². The Bertz CT molecular complexity index is 578. The molecular formula is C16H22N2O4. The normalized spacial score (nSPS) is 14.8. The van der Waals surface area contributed by atoms with Crippen molar-refractivity contribution in [3.8, 4) is 5.75 Å². The van der Waals surface area contributed by atoms with Crippen LogP contribution in [-0.4, -0.2) is 35.8 Å². The number of amides is 2. The molecule has 6 nitrogen and oxygen atoms in total. The van der Waals surface area contributed by atoms with E-state index in [1.54, 1.807) is 17.0 Å². The van der Waals surface area contributed by atoms with Crippen molar-refractivity contribution in [2.75, 3.05) is 13.1 Å². The van der Waals surface area contributed by atoms with Crippen LogP contribution >= 0.6 is 0 Å². The van der Waals surface area contributed by atoms with E-state index < -0.39 is 11.7 Å². The van der Waals surface area contributed by atoms with Crippen LogP contribution < -0.4 is 10.5 Å². The Morgan fingerprint density at radius 1 is 1.14 bits per heavy atom. The predicted molar refractivity (Wildman–Crippen MR) is 81.9 cm³/mol. The first-order valence-electron chi connectivity index (χ1n) is 7.31. The van der Waals surface area contributed by atoms with Crippen LogP contribution in [-0.2, 0) is 17.6 Å². The SMILES string of the molecule is CC(C)(C)OC(=O)N1CCc2ccc(OC(N)=O)cc2CC1. The van der Waals surface area contributed by atoms with E-state index in [2.05, 4.69) is 0 Å². The standard InChI is InChI=1S/C16H22N2O4/c1-16(2,3)22-15(20)18-8-6-11-4-5-13(21-14(17)19)10-12(11)7-9-18/h4-5,10H,6-9H2,1-3H3,(H2,17,19). The molecule has 2 amide bonds. The van der Waals surface area contributed by atoms with Crippen molar-refractivity contribution < 1.29 is 19.1 Å². The first-order chi connectivity index (χ1) is 10.2. The fraction of sp³-hybridized carbons (Fsp3) is 0.500. The Balaban J connectivity index is 2.06. The first-order valence-corrected chi connectivity index (χ1v) is 7.31. The largest absolute Gasteiger partial charge is 0.444 e. The van der Waals surface area contributed by atoms with E-state index >= 15 is 0 Å². The van der Waals surface area contributed by atoms with Gasteiger partial charge in [0.1, 0.15) is 11.4 Å². The highest BCUT2D eigenvalue weighted by Crippen LogP contribution is 2.22. The number of hydrogen-bond donors (Lipinski definition) is 1. The van der Waals surface area contributed by atoms with Crippen molar-refractivity contribution in [3.63, 3.8) is 0 Å². The molecule has 0 saturated carbocycles. The van der Waals surface area contributed by atoms with Gasteiger partial charge in [0.25, 0.3) is 0 Å². The summed E-state index contributed by atoms with van der Waals surface area (Å²) in [6, 6.07) is 5.43. The van der Waals surface area contributed by atoms with Gasteiger partial charge < -0.3 is 20.1 Å². The van der Waals surface area contributed by atoms with Gasteiger partial charge in [0.15, 0.2) is 0 Å². The fourth-order valence-electron chi connectivity index (χ4n) is 2.39. The van der Waals surface area contributed by atoms with Crippen LogP contribution in [0.25, 0.3) is 0 Å². The number of rotatable bonds is 1. The van der Waals surface area contributed by atoms with Crippen molar-refractivity contribution in [3.05, 3.63) is 29.3 Å². The quantitative estimate of drug-likeness (QED) is 0.864. The maximum absolute atomic E-state index is 12.1. The number of primary amides is 1. The number of ether oxygens (including phenoxy) is 2. The molecule has 0 spiro atoms. The lowest BCUT2D eigenvalue weighted by molar-refractivity contribution is 0.0258. The average Bonchev–Trinajstić information content (AvgIpc) is 2.58. The van der Waals surface area contributed by atoms with Gasteiger partial charge in [-0.2, -0.15) is 0 Å². The Morgan fingerprint density at radius 2 is 1.77 bits per heavy atom. The molecular weight excluding hydrogens is 284 g/mol. The molecule has 22 heavy (non-hydrogen) atoms. The van der Waals surface area contributed by atoms with Gasteiger partial charge >= 0.3 is 12.2 Å². The molecule has 0 fully saturated rings. The maximum Gasteiger partial charge on any atom is 0.410 e. The van der Waals surface area contributed by atoms with E-state index in [1.165, 1.54) is 0 Å². The average molecular weight is 306 g/mol. The molecule has 2 rings (SSSR count).